The van der Waals surface area contributed by atoms with Crippen molar-refractivity contribution in [1.82, 2.24) is 0 Å². The van der Waals surface area contributed by atoms with E-state index in [1.54, 1.807) is 0 Å². The summed E-state index contributed by atoms with van der Waals surface area (Å²) < 4.78 is 4.92. The lowest BCUT2D eigenvalue weighted by atomic mass is 9.98. The lowest BCUT2D eigenvalue weighted by Crippen LogP contribution is -2.25. The molecule has 0 aliphatic carbocycles. The monoisotopic (exact) mass is 128 g/mol. The average Bonchev–Trinajstić information content (AvgIpc) is 1.59. The molecule has 52 valence electrons. The van der Waals surface area contributed by atoms with Crippen molar-refractivity contribution in [1.29, 1.82) is 0 Å². The molecular weight excluding hydrogens is 116 g/mol. The Morgan fingerprint density at radius 3 is 2.67 bits per heavy atom. The highest BCUT2D eigenvalue weighted by atomic mass is 16.5. The Morgan fingerprint density at radius 2 is 2.22 bits per heavy atom. The summed E-state index contributed by atoms with van der Waals surface area (Å²) in [6.45, 7) is 4.02. The second kappa shape index (κ2) is 2.38. The van der Waals surface area contributed by atoms with E-state index < -0.39 is 0 Å². The summed E-state index contributed by atoms with van der Waals surface area (Å²) in [6, 6.07) is 0. The summed E-state index contributed by atoms with van der Waals surface area (Å²) >= 11 is 0. The van der Waals surface area contributed by atoms with Crippen LogP contribution in [-0.4, -0.2) is 12.1 Å². The van der Waals surface area contributed by atoms with Crippen LogP contribution in [0.1, 0.15) is 26.7 Å². The minimum absolute atomic E-state index is 0.0405. The first-order chi connectivity index (χ1) is 4.18. The molecule has 9 heavy (non-hydrogen) atoms. The van der Waals surface area contributed by atoms with Gasteiger partial charge in [-0.2, -0.15) is 0 Å². The van der Waals surface area contributed by atoms with E-state index in [9.17, 15) is 4.79 Å². The Hall–Kier alpha value is -0.530. The molecule has 0 spiro atoms. The molecule has 0 saturated carbocycles. The number of carbonyl (C=O) groups is 1. The van der Waals surface area contributed by atoms with Crippen LogP contribution in [0.2, 0.25) is 0 Å². The van der Waals surface area contributed by atoms with Crippen molar-refractivity contribution in [2.24, 2.45) is 5.92 Å². The minimum atomic E-state index is -0.0405. The smallest absolute Gasteiger partial charge is 0.306 e. The average molecular weight is 128 g/mol. The van der Waals surface area contributed by atoms with E-state index in [0.717, 1.165) is 6.42 Å². The third kappa shape index (κ3) is 1.70. The molecule has 0 bridgehead atoms. The van der Waals surface area contributed by atoms with Crippen LogP contribution in [0.5, 0.6) is 0 Å². The standard InChI is InChI=1S/C7H12O2/c1-5-3-6(2)9-7(8)4-5/h5-6H,3-4H2,1-2H3/t5-,6?/m1/s1. The first kappa shape index (κ1) is 6.59. The Morgan fingerprint density at radius 1 is 1.56 bits per heavy atom. The van der Waals surface area contributed by atoms with Gasteiger partial charge in [-0.1, -0.05) is 6.92 Å². The van der Waals surface area contributed by atoms with Crippen molar-refractivity contribution in [3.05, 3.63) is 0 Å². The van der Waals surface area contributed by atoms with E-state index in [4.69, 9.17) is 4.74 Å². The Balaban J connectivity index is 2.43. The zero-order valence-electron chi connectivity index (χ0n) is 5.89. The molecular formula is C7H12O2. The van der Waals surface area contributed by atoms with Crippen LogP contribution in [0.15, 0.2) is 0 Å². The van der Waals surface area contributed by atoms with Crippen LogP contribution in [0, 0.1) is 5.92 Å². The highest BCUT2D eigenvalue weighted by Gasteiger charge is 2.21. The molecule has 1 heterocycles. The maximum Gasteiger partial charge on any atom is 0.306 e. The van der Waals surface area contributed by atoms with Gasteiger partial charge in [0.2, 0.25) is 0 Å². The van der Waals surface area contributed by atoms with Crippen LogP contribution in [0.3, 0.4) is 0 Å². The molecule has 0 aromatic heterocycles. The normalized spacial score (nSPS) is 36.0. The topological polar surface area (TPSA) is 26.3 Å². The molecule has 0 aromatic rings. The molecule has 0 aromatic carbocycles. The fourth-order valence-electron chi connectivity index (χ4n) is 1.26. The highest BCUT2D eigenvalue weighted by molar-refractivity contribution is 5.70. The van der Waals surface area contributed by atoms with Crippen molar-refractivity contribution < 1.29 is 9.53 Å². The zero-order chi connectivity index (χ0) is 6.85. The number of carbonyl (C=O) groups excluding carboxylic acids is 1. The number of esters is 1. The zero-order valence-corrected chi connectivity index (χ0v) is 5.89. The molecule has 2 heteroatoms. The van der Waals surface area contributed by atoms with E-state index >= 15 is 0 Å². The van der Waals surface area contributed by atoms with Gasteiger partial charge >= 0.3 is 5.97 Å². The Bertz CT molecular complexity index is 108. The minimum Gasteiger partial charge on any atom is -0.463 e. The van der Waals surface area contributed by atoms with Gasteiger partial charge in [-0.15, -0.1) is 0 Å². The van der Waals surface area contributed by atoms with E-state index in [-0.39, 0.29) is 12.1 Å². The van der Waals surface area contributed by atoms with Crippen molar-refractivity contribution in [3.8, 4) is 0 Å². The third-order valence-electron chi connectivity index (χ3n) is 1.58. The first-order valence-electron chi connectivity index (χ1n) is 3.38. The van der Waals surface area contributed by atoms with Crippen LogP contribution >= 0.6 is 0 Å². The second-order valence-corrected chi connectivity index (χ2v) is 2.85. The van der Waals surface area contributed by atoms with Gasteiger partial charge in [0.05, 0.1) is 6.10 Å². The van der Waals surface area contributed by atoms with Crippen molar-refractivity contribution in [2.45, 2.75) is 32.8 Å². The first-order valence-corrected chi connectivity index (χ1v) is 3.38. The van der Waals surface area contributed by atoms with Gasteiger partial charge in [0, 0.05) is 6.42 Å². The molecule has 0 amide bonds. The molecule has 1 aliphatic heterocycles. The van der Waals surface area contributed by atoms with E-state index in [2.05, 4.69) is 6.92 Å². The third-order valence-corrected chi connectivity index (χ3v) is 1.58. The SMILES string of the molecule is CC1C[C@@H](C)CC(=O)O1. The predicted molar refractivity (Wildman–Crippen MR) is 34.0 cm³/mol. The number of ether oxygens (including phenoxy) is 1. The van der Waals surface area contributed by atoms with Gasteiger partial charge in [-0.25, -0.2) is 0 Å². The molecule has 1 fully saturated rings. The van der Waals surface area contributed by atoms with Crippen LogP contribution in [-0.2, 0) is 9.53 Å². The van der Waals surface area contributed by atoms with Gasteiger partial charge in [-0.3, -0.25) is 4.79 Å². The highest BCUT2D eigenvalue weighted by Crippen LogP contribution is 2.19. The van der Waals surface area contributed by atoms with Gasteiger partial charge in [0.15, 0.2) is 0 Å². The number of cyclic esters (lactones) is 1. The summed E-state index contributed by atoms with van der Waals surface area (Å²) in [7, 11) is 0. The summed E-state index contributed by atoms with van der Waals surface area (Å²) in [5.41, 5.74) is 0. The fraction of sp³-hybridized carbons (Fsp3) is 0.857. The van der Waals surface area contributed by atoms with Gasteiger partial charge in [0.25, 0.3) is 0 Å². The van der Waals surface area contributed by atoms with Gasteiger partial charge in [-0.05, 0) is 19.3 Å². The quantitative estimate of drug-likeness (QED) is 0.460. The van der Waals surface area contributed by atoms with E-state index in [1.807, 2.05) is 6.92 Å². The maximum absolute atomic E-state index is 10.7. The number of hydrogen-bond acceptors (Lipinski definition) is 2. The molecule has 2 nitrogen and oxygen atoms in total. The molecule has 0 N–H and O–H groups in total. The van der Waals surface area contributed by atoms with Crippen LogP contribution in [0.25, 0.3) is 0 Å². The molecule has 1 aliphatic rings. The van der Waals surface area contributed by atoms with Crippen molar-refractivity contribution in [3.63, 3.8) is 0 Å². The fourth-order valence-corrected chi connectivity index (χ4v) is 1.26. The molecule has 1 rings (SSSR count). The molecule has 1 unspecified atom stereocenters. The summed E-state index contributed by atoms with van der Waals surface area (Å²) in [6.07, 6.45) is 1.76. The summed E-state index contributed by atoms with van der Waals surface area (Å²) in [5.74, 6) is 0.475. The Kier molecular flexibility index (Phi) is 1.74. The van der Waals surface area contributed by atoms with E-state index in [0.29, 0.717) is 12.3 Å². The number of rotatable bonds is 0. The van der Waals surface area contributed by atoms with E-state index in [1.165, 1.54) is 0 Å². The summed E-state index contributed by atoms with van der Waals surface area (Å²) in [4.78, 5) is 10.7. The summed E-state index contributed by atoms with van der Waals surface area (Å²) in [5, 5.41) is 0. The molecule has 1 saturated heterocycles. The van der Waals surface area contributed by atoms with Crippen molar-refractivity contribution >= 4 is 5.97 Å². The van der Waals surface area contributed by atoms with Crippen LogP contribution < -0.4 is 0 Å². The lowest BCUT2D eigenvalue weighted by molar-refractivity contribution is -0.155. The molecule has 0 radical (unpaired) electrons. The largest absolute Gasteiger partial charge is 0.463 e. The van der Waals surface area contributed by atoms with Gasteiger partial charge < -0.3 is 4.74 Å². The van der Waals surface area contributed by atoms with Crippen molar-refractivity contribution in [2.75, 3.05) is 0 Å². The Labute approximate surface area is 55.2 Å². The molecule has 2 atom stereocenters. The number of hydrogen-bond donors (Lipinski definition) is 0. The second-order valence-electron chi connectivity index (χ2n) is 2.85. The maximum atomic E-state index is 10.7. The predicted octanol–water partition coefficient (Wildman–Crippen LogP) is 1.35. The van der Waals surface area contributed by atoms with Gasteiger partial charge in [0.1, 0.15) is 0 Å². The lowest BCUT2D eigenvalue weighted by Gasteiger charge is -2.23. The van der Waals surface area contributed by atoms with Crippen LogP contribution in [0.4, 0.5) is 0 Å².